The summed E-state index contributed by atoms with van der Waals surface area (Å²) in [6.45, 7) is 3.13. The van der Waals surface area contributed by atoms with Crippen LogP contribution in [0.4, 0.5) is 5.69 Å². The smallest absolute Gasteiger partial charge is 0.270 e. The molecular weight excluding hydrogens is 390 g/mol. The average molecular weight is 413 g/mol. The van der Waals surface area contributed by atoms with E-state index in [1.54, 1.807) is 22.1 Å². The van der Waals surface area contributed by atoms with Crippen molar-refractivity contribution in [1.29, 1.82) is 0 Å². The molecule has 0 spiro atoms. The molecule has 2 aliphatic rings. The average Bonchev–Trinajstić information content (AvgIpc) is 3.29. The summed E-state index contributed by atoms with van der Waals surface area (Å²) in [5.41, 5.74) is 1.45. The van der Waals surface area contributed by atoms with E-state index in [1.807, 2.05) is 0 Å². The molecule has 1 aromatic heterocycles. The standard InChI is InChI=1S/C20H23N5O5/c26-19(14-3-1-5-16(11-14)25(28)29)24-6-2-4-15(13-24)18-17(12-21-22-18)20(27)23-7-9-30-10-8-23/h1,3,5,11-12,15H,2,4,6-10,13H2,(H,21,22)/t15-/m0/s1. The second kappa shape index (κ2) is 8.62. The fourth-order valence-electron chi connectivity index (χ4n) is 4.05. The lowest BCUT2D eigenvalue weighted by molar-refractivity contribution is -0.384. The van der Waals surface area contributed by atoms with Crippen molar-refractivity contribution in [2.45, 2.75) is 18.8 Å². The summed E-state index contributed by atoms with van der Waals surface area (Å²) < 4.78 is 5.32. The molecular formula is C20H23N5O5. The number of rotatable bonds is 4. The quantitative estimate of drug-likeness (QED) is 0.603. The molecule has 2 aromatic rings. The van der Waals surface area contributed by atoms with Crippen molar-refractivity contribution in [3.63, 3.8) is 0 Å². The molecule has 0 radical (unpaired) electrons. The van der Waals surface area contributed by atoms with Gasteiger partial charge in [-0.3, -0.25) is 24.8 Å². The van der Waals surface area contributed by atoms with Gasteiger partial charge in [-0.1, -0.05) is 6.07 Å². The van der Waals surface area contributed by atoms with Gasteiger partial charge < -0.3 is 14.5 Å². The molecule has 2 fully saturated rings. The van der Waals surface area contributed by atoms with Crippen LogP contribution in [0.1, 0.15) is 45.2 Å². The highest BCUT2D eigenvalue weighted by molar-refractivity contribution is 5.96. The van der Waals surface area contributed by atoms with Gasteiger partial charge in [0.05, 0.1) is 35.6 Å². The number of aromatic amines is 1. The topological polar surface area (TPSA) is 122 Å². The maximum atomic E-state index is 12.9. The van der Waals surface area contributed by atoms with Gasteiger partial charge in [-0.15, -0.1) is 0 Å². The normalized spacial score (nSPS) is 19.5. The van der Waals surface area contributed by atoms with Crippen LogP contribution in [0, 0.1) is 10.1 Å². The number of morpholine rings is 1. The Kier molecular flexibility index (Phi) is 5.75. The monoisotopic (exact) mass is 413 g/mol. The van der Waals surface area contributed by atoms with E-state index in [-0.39, 0.29) is 23.4 Å². The van der Waals surface area contributed by atoms with Crippen LogP contribution in [0.3, 0.4) is 0 Å². The zero-order valence-corrected chi connectivity index (χ0v) is 16.5. The second-order valence-corrected chi connectivity index (χ2v) is 7.50. The van der Waals surface area contributed by atoms with Gasteiger partial charge in [-0.25, -0.2) is 0 Å². The summed E-state index contributed by atoms with van der Waals surface area (Å²) in [6, 6.07) is 5.77. The number of hydrogen-bond acceptors (Lipinski definition) is 6. The number of hydrogen-bond donors (Lipinski definition) is 1. The Hall–Kier alpha value is -3.27. The molecule has 1 N–H and O–H groups in total. The Balaban J connectivity index is 1.50. The minimum absolute atomic E-state index is 0.0520. The number of carbonyl (C=O) groups is 2. The molecule has 1 atom stereocenters. The SMILES string of the molecule is O=C(c1cccc([N+](=O)[O-])c1)N1CCC[C@H](c2[nH]ncc2C(=O)N2CCOCC2)C1. The van der Waals surface area contributed by atoms with E-state index in [1.165, 1.54) is 18.2 Å². The highest BCUT2D eigenvalue weighted by Crippen LogP contribution is 2.29. The van der Waals surface area contributed by atoms with E-state index in [4.69, 9.17) is 4.74 Å². The molecule has 2 aliphatic heterocycles. The molecule has 1 aromatic carbocycles. The third-order valence-corrected chi connectivity index (χ3v) is 5.62. The lowest BCUT2D eigenvalue weighted by Gasteiger charge is -2.33. The van der Waals surface area contributed by atoms with Gasteiger partial charge in [-0.2, -0.15) is 5.10 Å². The highest BCUT2D eigenvalue weighted by Gasteiger charge is 2.31. The summed E-state index contributed by atoms with van der Waals surface area (Å²) in [6.07, 6.45) is 3.15. The van der Waals surface area contributed by atoms with Crippen LogP contribution in [-0.2, 0) is 4.74 Å². The number of H-pyrrole nitrogens is 1. The first kappa shape index (κ1) is 20.0. The number of nitro groups is 1. The van der Waals surface area contributed by atoms with E-state index in [2.05, 4.69) is 10.2 Å². The maximum absolute atomic E-state index is 12.9. The first-order valence-corrected chi connectivity index (χ1v) is 9.98. The maximum Gasteiger partial charge on any atom is 0.270 e. The van der Waals surface area contributed by atoms with Gasteiger partial charge in [0, 0.05) is 49.8 Å². The predicted octanol–water partition coefficient (Wildman–Crippen LogP) is 1.81. The van der Waals surface area contributed by atoms with Crippen molar-refractivity contribution in [1.82, 2.24) is 20.0 Å². The Labute approximate surface area is 172 Å². The summed E-state index contributed by atoms with van der Waals surface area (Å²) in [5.74, 6) is -0.378. The third-order valence-electron chi connectivity index (χ3n) is 5.62. The minimum atomic E-state index is -0.510. The molecule has 2 amide bonds. The van der Waals surface area contributed by atoms with Crippen molar-refractivity contribution < 1.29 is 19.2 Å². The van der Waals surface area contributed by atoms with Crippen LogP contribution in [0.5, 0.6) is 0 Å². The molecule has 0 saturated carbocycles. The molecule has 0 aliphatic carbocycles. The van der Waals surface area contributed by atoms with Crippen molar-refractivity contribution >= 4 is 17.5 Å². The van der Waals surface area contributed by atoms with Crippen LogP contribution in [-0.4, -0.2) is 76.1 Å². The number of carbonyl (C=O) groups excluding carboxylic acids is 2. The lowest BCUT2D eigenvalue weighted by Crippen LogP contribution is -2.42. The van der Waals surface area contributed by atoms with Crippen molar-refractivity contribution in [2.24, 2.45) is 0 Å². The van der Waals surface area contributed by atoms with Crippen molar-refractivity contribution in [3.05, 3.63) is 57.4 Å². The molecule has 10 nitrogen and oxygen atoms in total. The summed E-state index contributed by atoms with van der Waals surface area (Å²) in [5, 5.41) is 18.1. The van der Waals surface area contributed by atoms with E-state index >= 15 is 0 Å². The van der Waals surface area contributed by atoms with Gasteiger partial charge in [0.15, 0.2) is 0 Å². The number of nitrogens with zero attached hydrogens (tertiary/aromatic N) is 4. The van der Waals surface area contributed by atoms with E-state index < -0.39 is 4.92 Å². The zero-order chi connectivity index (χ0) is 21.1. The summed E-state index contributed by atoms with van der Waals surface area (Å²) in [4.78, 5) is 39.8. The largest absolute Gasteiger partial charge is 0.378 e. The Morgan fingerprint density at radius 3 is 2.73 bits per heavy atom. The first-order valence-electron chi connectivity index (χ1n) is 9.98. The molecule has 158 valence electrons. The second-order valence-electron chi connectivity index (χ2n) is 7.50. The number of non-ortho nitro benzene ring substituents is 1. The minimum Gasteiger partial charge on any atom is -0.378 e. The molecule has 0 bridgehead atoms. The first-order chi connectivity index (χ1) is 14.5. The number of likely N-dealkylation sites (tertiary alicyclic amines) is 1. The number of benzene rings is 1. The number of amides is 2. The third kappa shape index (κ3) is 4.04. The van der Waals surface area contributed by atoms with Crippen LogP contribution >= 0.6 is 0 Å². The lowest BCUT2D eigenvalue weighted by atomic mass is 9.91. The molecule has 0 unspecified atom stereocenters. The van der Waals surface area contributed by atoms with Gasteiger partial charge in [0.25, 0.3) is 17.5 Å². The van der Waals surface area contributed by atoms with Gasteiger partial charge in [0.1, 0.15) is 0 Å². The number of piperidine rings is 1. The summed E-state index contributed by atoms with van der Waals surface area (Å²) >= 11 is 0. The van der Waals surface area contributed by atoms with E-state index in [0.717, 1.165) is 18.5 Å². The number of aromatic nitrogens is 2. The highest BCUT2D eigenvalue weighted by atomic mass is 16.6. The van der Waals surface area contributed by atoms with Gasteiger partial charge in [-0.05, 0) is 18.9 Å². The Morgan fingerprint density at radius 2 is 1.97 bits per heavy atom. The summed E-state index contributed by atoms with van der Waals surface area (Å²) in [7, 11) is 0. The van der Waals surface area contributed by atoms with Gasteiger partial charge >= 0.3 is 0 Å². The Bertz CT molecular complexity index is 953. The number of nitro benzene ring substituents is 1. The van der Waals surface area contributed by atoms with Crippen LogP contribution < -0.4 is 0 Å². The number of nitrogens with one attached hydrogen (secondary N) is 1. The Morgan fingerprint density at radius 1 is 1.17 bits per heavy atom. The van der Waals surface area contributed by atoms with Crippen molar-refractivity contribution in [3.8, 4) is 0 Å². The van der Waals surface area contributed by atoms with Crippen LogP contribution in [0.25, 0.3) is 0 Å². The van der Waals surface area contributed by atoms with Gasteiger partial charge in [0.2, 0.25) is 0 Å². The molecule has 4 rings (SSSR count). The fourth-order valence-corrected chi connectivity index (χ4v) is 4.05. The molecule has 3 heterocycles. The van der Waals surface area contributed by atoms with Crippen LogP contribution in [0.2, 0.25) is 0 Å². The van der Waals surface area contributed by atoms with Crippen LogP contribution in [0.15, 0.2) is 30.5 Å². The molecule has 30 heavy (non-hydrogen) atoms. The fraction of sp³-hybridized carbons (Fsp3) is 0.450. The van der Waals surface area contributed by atoms with Crippen molar-refractivity contribution in [2.75, 3.05) is 39.4 Å². The zero-order valence-electron chi connectivity index (χ0n) is 16.5. The number of ether oxygens (including phenoxy) is 1. The van der Waals surface area contributed by atoms with E-state index in [9.17, 15) is 19.7 Å². The molecule has 10 heteroatoms. The predicted molar refractivity (Wildman–Crippen MR) is 106 cm³/mol. The molecule has 2 saturated heterocycles. The van der Waals surface area contributed by atoms with E-state index in [0.29, 0.717) is 50.5 Å².